The number of thioether (sulfide) groups is 1. The first-order valence-corrected chi connectivity index (χ1v) is 11.4. The molecule has 1 N–H and O–H groups in total. The molecule has 4 aromatic rings. The third-order valence-corrected chi connectivity index (χ3v) is 6.41. The Bertz CT molecular complexity index is 1390. The third-order valence-electron chi connectivity index (χ3n) is 5.26. The molecule has 0 bridgehead atoms. The second-order valence-electron chi connectivity index (χ2n) is 7.68. The fourth-order valence-electron chi connectivity index (χ4n) is 3.71. The lowest BCUT2D eigenvalue weighted by atomic mass is 10.1. The number of para-hydroxylation sites is 1. The van der Waals surface area contributed by atoms with Crippen molar-refractivity contribution in [3.63, 3.8) is 0 Å². The van der Waals surface area contributed by atoms with Crippen molar-refractivity contribution in [1.82, 2.24) is 9.88 Å². The predicted octanol–water partition coefficient (Wildman–Crippen LogP) is 6.54. The molecule has 0 spiro atoms. The van der Waals surface area contributed by atoms with E-state index < -0.39 is 0 Å². The average Bonchev–Trinajstić information content (AvgIpc) is 3.30. The van der Waals surface area contributed by atoms with Gasteiger partial charge in [-0.05, 0) is 60.7 Å². The molecule has 2 heterocycles. The Morgan fingerprint density at radius 1 is 1.06 bits per heavy atom. The topological polar surface area (TPSA) is 46.4 Å². The van der Waals surface area contributed by atoms with E-state index in [0.29, 0.717) is 16.6 Å². The van der Waals surface area contributed by atoms with Gasteiger partial charge in [-0.2, -0.15) is 0 Å². The number of amides is 1. The van der Waals surface area contributed by atoms with Gasteiger partial charge >= 0.3 is 0 Å². The highest BCUT2D eigenvalue weighted by atomic mass is 35.5. The van der Waals surface area contributed by atoms with E-state index in [2.05, 4.69) is 39.3 Å². The number of hydrogen-bond acceptors (Lipinski definition) is 3. The van der Waals surface area contributed by atoms with Crippen LogP contribution in [0.4, 0.5) is 5.69 Å². The maximum Gasteiger partial charge on any atom is 0.264 e. The van der Waals surface area contributed by atoms with Gasteiger partial charge in [-0.15, -0.1) is 0 Å². The first-order valence-electron chi connectivity index (χ1n) is 10.2. The molecule has 32 heavy (non-hydrogen) atoms. The summed E-state index contributed by atoms with van der Waals surface area (Å²) in [5.74, 6) is -0.132. The van der Waals surface area contributed by atoms with Crippen molar-refractivity contribution in [1.29, 1.82) is 0 Å². The quantitative estimate of drug-likeness (QED) is 0.353. The number of aliphatic imine (C=N–C) groups is 1. The van der Waals surface area contributed by atoms with Gasteiger partial charge in [0.25, 0.3) is 5.91 Å². The van der Waals surface area contributed by atoms with Crippen molar-refractivity contribution >= 4 is 57.1 Å². The number of halogens is 1. The Labute approximate surface area is 195 Å². The second-order valence-corrected chi connectivity index (χ2v) is 9.14. The van der Waals surface area contributed by atoms with Gasteiger partial charge < -0.3 is 9.88 Å². The van der Waals surface area contributed by atoms with Crippen LogP contribution in [-0.4, -0.2) is 15.6 Å². The fourth-order valence-corrected chi connectivity index (χ4v) is 4.76. The van der Waals surface area contributed by atoms with E-state index in [-0.39, 0.29) is 5.91 Å². The Morgan fingerprint density at radius 3 is 2.69 bits per heavy atom. The largest absolute Gasteiger partial charge is 0.342 e. The molecule has 1 aromatic heterocycles. The molecule has 1 aliphatic heterocycles. The summed E-state index contributed by atoms with van der Waals surface area (Å²) < 4.78 is 2.19. The van der Waals surface area contributed by atoms with Crippen LogP contribution in [0.15, 0.2) is 88.9 Å². The van der Waals surface area contributed by atoms with E-state index in [0.717, 1.165) is 32.7 Å². The molecule has 4 nitrogen and oxygen atoms in total. The molecule has 6 heteroatoms. The monoisotopic (exact) mass is 457 g/mol. The van der Waals surface area contributed by atoms with Gasteiger partial charge in [-0.3, -0.25) is 4.79 Å². The summed E-state index contributed by atoms with van der Waals surface area (Å²) in [6.07, 6.45) is 4.02. The molecular weight excluding hydrogens is 438 g/mol. The van der Waals surface area contributed by atoms with Gasteiger partial charge in [0.05, 0.1) is 10.6 Å². The minimum Gasteiger partial charge on any atom is -0.342 e. The molecule has 1 saturated heterocycles. The number of benzene rings is 3. The molecule has 0 aliphatic carbocycles. The number of hydrogen-bond donors (Lipinski definition) is 1. The van der Waals surface area contributed by atoms with Crippen LogP contribution in [0.1, 0.15) is 16.7 Å². The Kier molecular flexibility index (Phi) is 5.60. The van der Waals surface area contributed by atoms with Crippen LogP contribution in [0.5, 0.6) is 0 Å². The van der Waals surface area contributed by atoms with Crippen molar-refractivity contribution in [3.05, 3.63) is 106 Å². The first kappa shape index (κ1) is 20.6. The minimum absolute atomic E-state index is 0.132. The number of amidine groups is 1. The molecular formula is C26H20ClN3OS. The summed E-state index contributed by atoms with van der Waals surface area (Å²) in [7, 11) is 0. The van der Waals surface area contributed by atoms with Crippen LogP contribution in [0.3, 0.4) is 0 Å². The first-order chi connectivity index (χ1) is 15.5. The summed E-state index contributed by atoms with van der Waals surface area (Å²) in [5, 5.41) is 5.28. The lowest BCUT2D eigenvalue weighted by Gasteiger charge is -2.05. The molecule has 1 amide bonds. The molecule has 158 valence electrons. The Balaban J connectivity index is 1.47. The SMILES string of the molecule is Cc1ccc(N=C2NC(=O)C(=Cc3cn(Cc4cccc(Cl)c4)c4ccccc34)S2)cc1. The van der Waals surface area contributed by atoms with E-state index in [4.69, 9.17) is 11.6 Å². The molecule has 0 atom stereocenters. The highest BCUT2D eigenvalue weighted by Gasteiger charge is 2.24. The maximum atomic E-state index is 12.6. The number of carbonyl (C=O) groups excluding carboxylic acids is 1. The van der Waals surface area contributed by atoms with Crippen molar-refractivity contribution < 1.29 is 4.79 Å². The normalized spacial score (nSPS) is 16.2. The molecule has 5 rings (SSSR count). The lowest BCUT2D eigenvalue weighted by molar-refractivity contribution is -0.115. The number of rotatable bonds is 4. The zero-order valence-electron chi connectivity index (χ0n) is 17.4. The van der Waals surface area contributed by atoms with Crippen molar-refractivity contribution in [3.8, 4) is 0 Å². The van der Waals surface area contributed by atoms with E-state index in [1.807, 2.05) is 67.6 Å². The standard InChI is InChI=1S/C26H20ClN3OS/c1-17-9-11-21(12-10-17)28-26-29-25(31)24(32-26)14-19-16-30(23-8-3-2-7-22(19)23)15-18-5-4-6-20(27)13-18/h2-14,16H,15H2,1H3,(H,28,29,31). The molecule has 0 radical (unpaired) electrons. The van der Waals surface area contributed by atoms with Gasteiger partial charge in [-0.25, -0.2) is 4.99 Å². The van der Waals surface area contributed by atoms with Crippen LogP contribution < -0.4 is 5.32 Å². The number of nitrogens with one attached hydrogen (secondary N) is 1. The molecule has 0 unspecified atom stereocenters. The zero-order chi connectivity index (χ0) is 22.1. The number of nitrogens with zero attached hydrogens (tertiary/aromatic N) is 2. The number of fused-ring (bicyclic) bond motifs is 1. The molecule has 3 aromatic carbocycles. The summed E-state index contributed by atoms with van der Waals surface area (Å²) in [4.78, 5) is 17.8. The fraction of sp³-hybridized carbons (Fsp3) is 0.0769. The van der Waals surface area contributed by atoms with Gasteiger partial charge in [0.2, 0.25) is 0 Å². The van der Waals surface area contributed by atoms with E-state index in [1.165, 1.54) is 17.3 Å². The van der Waals surface area contributed by atoms with Gasteiger partial charge in [0.1, 0.15) is 0 Å². The third kappa shape index (κ3) is 4.35. The van der Waals surface area contributed by atoms with Crippen molar-refractivity contribution in [2.24, 2.45) is 4.99 Å². The van der Waals surface area contributed by atoms with Gasteiger partial charge in [0.15, 0.2) is 5.17 Å². The van der Waals surface area contributed by atoms with Crippen LogP contribution in [0, 0.1) is 6.92 Å². The summed E-state index contributed by atoms with van der Waals surface area (Å²) in [5.41, 5.74) is 5.22. The molecule has 1 aliphatic rings. The molecule has 1 fully saturated rings. The van der Waals surface area contributed by atoms with Crippen molar-refractivity contribution in [2.45, 2.75) is 13.5 Å². The summed E-state index contributed by atoms with van der Waals surface area (Å²) in [6.45, 7) is 2.73. The Morgan fingerprint density at radius 2 is 1.88 bits per heavy atom. The van der Waals surface area contributed by atoms with E-state index >= 15 is 0 Å². The van der Waals surface area contributed by atoms with E-state index in [1.54, 1.807) is 0 Å². The van der Waals surface area contributed by atoms with E-state index in [9.17, 15) is 4.79 Å². The smallest absolute Gasteiger partial charge is 0.264 e. The highest BCUT2D eigenvalue weighted by molar-refractivity contribution is 8.18. The number of aryl methyl sites for hydroxylation is 1. The summed E-state index contributed by atoms with van der Waals surface area (Å²) >= 11 is 7.53. The van der Waals surface area contributed by atoms with Gasteiger partial charge in [-0.1, -0.05) is 59.6 Å². The second kappa shape index (κ2) is 8.69. The highest BCUT2D eigenvalue weighted by Crippen LogP contribution is 2.31. The number of carbonyl (C=O) groups is 1. The molecule has 0 saturated carbocycles. The van der Waals surface area contributed by atoms with Crippen molar-refractivity contribution in [2.75, 3.05) is 0 Å². The average molecular weight is 458 g/mol. The van der Waals surface area contributed by atoms with Gasteiger partial charge in [0, 0.05) is 34.2 Å². The summed E-state index contributed by atoms with van der Waals surface area (Å²) in [6, 6.07) is 24.0. The van der Waals surface area contributed by atoms with Crippen LogP contribution in [-0.2, 0) is 11.3 Å². The zero-order valence-corrected chi connectivity index (χ0v) is 19.0. The maximum absolute atomic E-state index is 12.6. The van der Waals surface area contributed by atoms with Crippen LogP contribution >= 0.6 is 23.4 Å². The predicted molar refractivity (Wildman–Crippen MR) is 134 cm³/mol. The van der Waals surface area contributed by atoms with Crippen LogP contribution in [0.2, 0.25) is 5.02 Å². The Hall–Kier alpha value is -3.28. The minimum atomic E-state index is -0.132. The number of aromatic nitrogens is 1. The van der Waals surface area contributed by atoms with Crippen LogP contribution in [0.25, 0.3) is 17.0 Å². The lowest BCUT2D eigenvalue weighted by Crippen LogP contribution is -2.19.